The number of fused-ring (bicyclic) bond motifs is 1. The maximum Gasteiger partial charge on any atom is 0.239 e. The van der Waals surface area contributed by atoms with Crippen LogP contribution >= 0.6 is 0 Å². The van der Waals surface area contributed by atoms with E-state index >= 15 is 0 Å². The third-order valence-electron chi connectivity index (χ3n) is 1.86. The van der Waals surface area contributed by atoms with E-state index in [4.69, 9.17) is 5.73 Å². The van der Waals surface area contributed by atoms with Crippen molar-refractivity contribution in [3.8, 4) is 0 Å². The first kappa shape index (κ1) is 9.31. The molecule has 1 atom stereocenters. The molecule has 8 heteroatoms. The number of rotatable bonds is 3. The minimum atomic E-state index is -0.494. The molecule has 0 bridgehead atoms. The number of tetrazole rings is 1. The molecule has 2 rings (SSSR count). The van der Waals surface area contributed by atoms with Crippen molar-refractivity contribution < 1.29 is 4.79 Å². The first-order valence-electron chi connectivity index (χ1n) is 4.28. The van der Waals surface area contributed by atoms with Gasteiger partial charge < -0.3 is 11.1 Å². The number of carbonyl (C=O) groups is 1. The number of nitrogens with zero attached hydrogens (tertiary/aromatic N) is 5. The molecule has 1 amide bonds. The Morgan fingerprint density at radius 3 is 3.13 bits per heavy atom. The number of nitrogens with two attached hydrogens (primary N) is 1. The average Bonchev–Trinajstić information content (AvgIpc) is 2.64. The molecule has 0 fully saturated rings. The van der Waals surface area contributed by atoms with Gasteiger partial charge in [0.05, 0.1) is 0 Å². The Hall–Kier alpha value is -2.25. The first-order chi connectivity index (χ1) is 7.16. The molecule has 0 aromatic carbocycles. The molecule has 2 aromatic rings. The topological polar surface area (TPSA) is 111 Å². The second-order valence-corrected chi connectivity index (χ2v) is 3.01. The van der Waals surface area contributed by atoms with Gasteiger partial charge in [0, 0.05) is 0 Å². The van der Waals surface area contributed by atoms with E-state index in [1.54, 1.807) is 19.1 Å². The quantitative estimate of drug-likeness (QED) is 0.654. The van der Waals surface area contributed by atoms with Gasteiger partial charge in [-0.05, 0) is 29.5 Å². The van der Waals surface area contributed by atoms with Gasteiger partial charge >= 0.3 is 0 Å². The lowest BCUT2D eigenvalue weighted by molar-refractivity contribution is -0.118. The second-order valence-electron chi connectivity index (χ2n) is 3.01. The van der Waals surface area contributed by atoms with Crippen LogP contribution in [0.15, 0.2) is 12.1 Å². The maximum absolute atomic E-state index is 10.8. The number of hydrogen-bond acceptors (Lipinski definition) is 6. The van der Waals surface area contributed by atoms with Crippen LogP contribution in [0.2, 0.25) is 0 Å². The van der Waals surface area contributed by atoms with Gasteiger partial charge in [0.2, 0.25) is 5.91 Å². The largest absolute Gasteiger partial charge is 0.368 e. The van der Waals surface area contributed by atoms with Crippen molar-refractivity contribution in [1.82, 2.24) is 25.3 Å². The predicted molar refractivity (Wildman–Crippen MR) is 50.9 cm³/mol. The highest BCUT2D eigenvalue weighted by Crippen LogP contribution is 2.04. The monoisotopic (exact) mass is 207 g/mol. The molecule has 0 saturated carbocycles. The van der Waals surface area contributed by atoms with Crippen molar-refractivity contribution >= 4 is 17.4 Å². The van der Waals surface area contributed by atoms with Crippen LogP contribution in [-0.4, -0.2) is 37.2 Å². The summed E-state index contributed by atoms with van der Waals surface area (Å²) in [6, 6.07) is 2.86. The summed E-state index contributed by atoms with van der Waals surface area (Å²) < 4.78 is 1.26. The zero-order chi connectivity index (χ0) is 10.8. The number of nitrogens with one attached hydrogen (secondary N) is 1. The number of aromatic nitrogens is 5. The van der Waals surface area contributed by atoms with Gasteiger partial charge in [-0.3, -0.25) is 4.79 Å². The van der Waals surface area contributed by atoms with Crippen molar-refractivity contribution in [2.24, 2.45) is 5.73 Å². The fourth-order valence-corrected chi connectivity index (χ4v) is 1.02. The van der Waals surface area contributed by atoms with Gasteiger partial charge in [-0.25, -0.2) is 0 Å². The van der Waals surface area contributed by atoms with E-state index in [2.05, 4.69) is 25.9 Å². The van der Waals surface area contributed by atoms with Crippen LogP contribution in [-0.2, 0) is 4.79 Å². The third kappa shape index (κ3) is 1.82. The highest BCUT2D eigenvalue weighted by Gasteiger charge is 2.09. The summed E-state index contributed by atoms with van der Waals surface area (Å²) >= 11 is 0. The molecule has 0 saturated heterocycles. The molecule has 2 aromatic heterocycles. The Morgan fingerprint density at radius 2 is 2.40 bits per heavy atom. The van der Waals surface area contributed by atoms with Crippen molar-refractivity contribution in [1.29, 1.82) is 0 Å². The normalized spacial score (nSPS) is 12.6. The van der Waals surface area contributed by atoms with E-state index in [1.807, 2.05) is 0 Å². The van der Waals surface area contributed by atoms with Crippen LogP contribution in [0.3, 0.4) is 0 Å². The number of primary amides is 1. The first-order valence-corrected chi connectivity index (χ1v) is 4.28. The lowest BCUT2D eigenvalue weighted by Gasteiger charge is -2.09. The molecular weight excluding hydrogens is 198 g/mol. The van der Waals surface area contributed by atoms with Crippen LogP contribution in [0.5, 0.6) is 0 Å². The number of hydrogen-bond donors (Lipinski definition) is 2. The van der Waals surface area contributed by atoms with Gasteiger partial charge in [-0.2, -0.15) is 0 Å². The van der Waals surface area contributed by atoms with Gasteiger partial charge in [0.25, 0.3) is 0 Å². The summed E-state index contributed by atoms with van der Waals surface area (Å²) in [7, 11) is 0. The summed E-state index contributed by atoms with van der Waals surface area (Å²) in [6.45, 7) is 1.65. The molecule has 8 nitrogen and oxygen atoms in total. The zero-order valence-electron chi connectivity index (χ0n) is 7.95. The predicted octanol–water partition coefficient (Wildman–Crippen LogP) is -1.19. The Balaban J connectivity index is 2.24. The van der Waals surface area contributed by atoms with Crippen LogP contribution in [0, 0.1) is 0 Å². The Morgan fingerprint density at radius 1 is 1.60 bits per heavy atom. The lowest BCUT2D eigenvalue weighted by atomic mass is 10.3. The standard InChI is InChI=1S/C7H9N7O/c1-4(7(8)15)9-5-2-3-6-10-12-13-14(6)11-5/h2-4H,1H3,(H2,8,15)(H,9,11). The van der Waals surface area contributed by atoms with E-state index in [9.17, 15) is 4.79 Å². The molecule has 0 aliphatic carbocycles. The highest BCUT2D eigenvalue weighted by atomic mass is 16.1. The minimum absolute atomic E-state index is 0.450. The minimum Gasteiger partial charge on any atom is -0.368 e. The smallest absolute Gasteiger partial charge is 0.239 e. The van der Waals surface area contributed by atoms with E-state index in [0.29, 0.717) is 11.5 Å². The number of amides is 1. The Kier molecular flexibility index (Phi) is 2.16. The fourth-order valence-electron chi connectivity index (χ4n) is 1.02. The molecule has 0 radical (unpaired) electrons. The van der Waals surface area contributed by atoms with Crippen LogP contribution < -0.4 is 11.1 Å². The summed E-state index contributed by atoms with van der Waals surface area (Å²) in [4.78, 5) is 10.8. The Bertz CT molecular complexity index is 493. The molecule has 0 aliphatic rings. The van der Waals surface area contributed by atoms with Crippen LogP contribution in [0.1, 0.15) is 6.92 Å². The van der Waals surface area contributed by atoms with Crippen molar-refractivity contribution in [2.45, 2.75) is 13.0 Å². The molecule has 78 valence electrons. The van der Waals surface area contributed by atoms with E-state index in [-0.39, 0.29) is 0 Å². The van der Waals surface area contributed by atoms with Crippen LogP contribution in [0.4, 0.5) is 5.82 Å². The van der Waals surface area contributed by atoms with Crippen LogP contribution in [0.25, 0.3) is 5.65 Å². The molecule has 0 spiro atoms. The second kappa shape index (κ2) is 3.48. The molecule has 0 aliphatic heterocycles. The summed E-state index contributed by atoms with van der Waals surface area (Å²) in [5.74, 6) is 0.0368. The molecule has 15 heavy (non-hydrogen) atoms. The molecule has 1 unspecified atom stereocenters. The van der Waals surface area contributed by atoms with Crippen molar-refractivity contribution in [3.63, 3.8) is 0 Å². The lowest BCUT2D eigenvalue weighted by Crippen LogP contribution is -2.32. The van der Waals surface area contributed by atoms with Crippen molar-refractivity contribution in [2.75, 3.05) is 5.32 Å². The number of anilines is 1. The maximum atomic E-state index is 10.8. The van der Waals surface area contributed by atoms with Gasteiger partial charge in [-0.15, -0.1) is 14.8 Å². The summed E-state index contributed by atoms with van der Waals surface area (Å²) in [6.07, 6.45) is 0. The van der Waals surface area contributed by atoms with Gasteiger partial charge in [-0.1, -0.05) is 0 Å². The van der Waals surface area contributed by atoms with E-state index in [1.165, 1.54) is 4.63 Å². The highest BCUT2D eigenvalue weighted by molar-refractivity contribution is 5.82. The molecule has 2 heterocycles. The average molecular weight is 207 g/mol. The van der Waals surface area contributed by atoms with Gasteiger partial charge in [0.15, 0.2) is 5.65 Å². The SMILES string of the molecule is CC(Nc1ccc2nnnn2n1)C(N)=O. The third-order valence-corrected chi connectivity index (χ3v) is 1.86. The summed E-state index contributed by atoms with van der Waals surface area (Å²) in [5.41, 5.74) is 5.63. The van der Waals surface area contributed by atoms with E-state index in [0.717, 1.165) is 0 Å². The zero-order valence-corrected chi connectivity index (χ0v) is 7.95. The van der Waals surface area contributed by atoms with Crippen molar-refractivity contribution in [3.05, 3.63) is 12.1 Å². The summed E-state index contributed by atoms with van der Waals surface area (Å²) in [5, 5.41) is 17.6. The molecule has 3 N–H and O–H groups in total. The fraction of sp³-hybridized carbons (Fsp3) is 0.286. The molecular formula is C7H9N7O. The Labute approximate surface area is 84.4 Å². The van der Waals surface area contributed by atoms with E-state index < -0.39 is 11.9 Å². The van der Waals surface area contributed by atoms with Gasteiger partial charge in [0.1, 0.15) is 11.9 Å². The number of carbonyl (C=O) groups excluding carboxylic acids is 1.